The van der Waals surface area contributed by atoms with E-state index in [0.717, 1.165) is 32.5 Å². The zero-order valence-electron chi connectivity index (χ0n) is 10.1. The van der Waals surface area contributed by atoms with E-state index < -0.39 is 0 Å². The molecule has 2 fully saturated rings. The number of ether oxygens (including phenoxy) is 1. The van der Waals surface area contributed by atoms with Crippen molar-refractivity contribution in [1.29, 1.82) is 0 Å². The van der Waals surface area contributed by atoms with Gasteiger partial charge in [0.15, 0.2) is 0 Å². The van der Waals surface area contributed by atoms with Crippen LogP contribution in [-0.2, 0) is 4.74 Å². The lowest BCUT2D eigenvalue weighted by Crippen LogP contribution is -2.60. The number of hydrogen-bond acceptors (Lipinski definition) is 3. The van der Waals surface area contributed by atoms with Crippen LogP contribution < -0.4 is 5.32 Å². The first-order valence-electron chi connectivity index (χ1n) is 6.34. The molecule has 0 saturated carbocycles. The fraction of sp³-hybridized carbons (Fsp3) is 1.00. The van der Waals surface area contributed by atoms with Gasteiger partial charge in [0, 0.05) is 32.0 Å². The minimum absolute atomic E-state index is 0.0184. The molecule has 15 heavy (non-hydrogen) atoms. The molecule has 0 aromatic heterocycles. The van der Waals surface area contributed by atoms with Gasteiger partial charge >= 0.3 is 0 Å². The predicted octanol–water partition coefficient (Wildman–Crippen LogP) is 1.59. The first kappa shape index (κ1) is 11.4. The number of rotatable bonds is 2. The summed E-state index contributed by atoms with van der Waals surface area (Å²) in [6.45, 7) is 5.53. The van der Waals surface area contributed by atoms with Crippen LogP contribution in [-0.4, -0.2) is 43.4 Å². The molecule has 1 atom stereocenters. The summed E-state index contributed by atoms with van der Waals surface area (Å²) in [7, 11) is 2.19. The van der Waals surface area contributed by atoms with E-state index in [-0.39, 0.29) is 5.72 Å². The molecule has 2 aliphatic rings. The highest BCUT2D eigenvalue weighted by atomic mass is 16.5. The molecule has 0 aromatic rings. The average Bonchev–Trinajstić information content (AvgIpc) is 2.24. The molecule has 0 radical (unpaired) electrons. The van der Waals surface area contributed by atoms with Gasteiger partial charge < -0.3 is 9.64 Å². The van der Waals surface area contributed by atoms with Crippen LogP contribution in [0.25, 0.3) is 0 Å². The second-order valence-corrected chi connectivity index (χ2v) is 5.06. The monoisotopic (exact) mass is 212 g/mol. The van der Waals surface area contributed by atoms with Crippen molar-refractivity contribution in [1.82, 2.24) is 10.2 Å². The van der Waals surface area contributed by atoms with Crippen LogP contribution in [0.1, 0.15) is 39.0 Å². The topological polar surface area (TPSA) is 24.5 Å². The molecule has 1 N–H and O–H groups in total. The molecule has 0 bridgehead atoms. The molecular weight excluding hydrogens is 188 g/mol. The normalized spacial score (nSPS) is 32.0. The number of likely N-dealkylation sites (tertiary alicyclic amines) is 1. The zero-order valence-corrected chi connectivity index (χ0v) is 10.1. The molecular formula is C12H24N2O. The van der Waals surface area contributed by atoms with E-state index in [4.69, 9.17) is 4.74 Å². The van der Waals surface area contributed by atoms with Gasteiger partial charge in [-0.2, -0.15) is 0 Å². The Hall–Kier alpha value is -0.120. The van der Waals surface area contributed by atoms with Crippen LogP contribution in [0.3, 0.4) is 0 Å². The highest BCUT2D eigenvalue weighted by Crippen LogP contribution is 2.28. The summed E-state index contributed by atoms with van der Waals surface area (Å²) in [5.74, 6) is 0. The smallest absolute Gasteiger partial charge is 0.121 e. The maximum atomic E-state index is 5.99. The number of nitrogens with zero attached hydrogens (tertiary/aromatic N) is 1. The van der Waals surface area contributed by atoms with Crippen molar-refractivity contribution >= 4 is 0 Å². The molecule has 0 amide bonds. The maximum Gasteiger partial charge on any atom is 0.121 e. The Labute approximate surface area is 93.2 Å². The van der Waals surface area contributed by atoms with Crippen LogP contribution in [0.15, 0.2) is 0 Å². The van der Waals surface area contributed by atoms with Gasteiger partial charge in [-0.25, -0.2) is 0 Å². The Balaban J connectivity index is 1.90. The third-order valence-electron chi connectivity index (χ3n) is 3.74. The van der Waals surface area contributed by atoms with Crippen molar-refractivity contribution in [2.75, 3.05) is 26.7 Å². The van der Waals surface area contributed by atoms with Crippen LogP contribution in [0.4, 0.5) is 0 Å². The fourth-order valence-corrected chi connectivity index (χ4v) is 2.72. The Kier molecular flexibility index (Phi) is 3.65. The molecule has 88 valence electrons. The molecule has 2 saturated heterocycles. The summed E-state index contributed by atoms with van der Waals surface area (Å²) < 4.78 is 5.99. The standard InChI is InChI=1S/C12H24N2O/c1-3-4-11-5-10-15-12(13-11)6-8-14(2)9-7-12/h11,13H,3-10H2,1-2H3. The summed E-state index contributed by atoms with van der Waals surface area (Å²) in [6, 6.07) is 0.687. The first-order chi connectivity index (χ1) is 7.24. The molecule has 0 aromatic carbocycles. The van der Waals surface area contributed by atoms with Crippen molar-refractivity contribution in [3.8, 4) is 0 Å². The lowest BCUT2D eigenvalue weighted by atomic mass is 9.95. The summed E-state index contributed by atoms with van der Waals surface area (Å²) in [4.78, 5) is 2.39. The van der Waals surface area contributed by atoms with Crippen LogP contribution in [0, 0.1) is 0 Å². The highest BCUT2D eigenvalue weighted by molar-refractivity contribution is 4.90. The summed E-state index contributed by atoms with van der Waals surface area (Å²) >= 11 is 0. The predicted molar refractivity (Wildman–Crippen MR) is 61.9 cm³/mol. The Morgan fingerprint density at radius 2 is 2.13 bits per heavy atom. The average molecular weight is 212 g/mol. The number of nitrogens with one attached hydrogen (secondary N) is 1. The van der Waals surface area contributed by atoms with Gasteiger partial charge in [0.05, 0.1) is 6.61 Å². The Morgan fingerprint density at radius 3 is 2.80 bits per heavy atom. The van der Waals surface area contributed by atoms with Crippen LogP contribution >= 0.6 is 0 Å². The molecule has 2 heterocycles. The van der Waals surface area contributed by atoms with E-state index in [0.29, 0.717) is 6.04 Å². The van der Waals surface area contributed by atoms with Gasteiger partial charge in [0.2, 0.25) is 0 Å². The van der Waals surface area contributed by atoms with Gasteiger partial charge in [0.25, 0.3) is 0 Å². The van der Waals surface area contributed by atoms with E-state index in [1.54, 1.807) is 0 Å². The van der Waals surface area contributed by atoms with Crippen molar-refractivity contribution in [3.05, 3.63) is 0 Å². The van der Waals surface area contributed by atoms with E-state index in [1.807, 2.05) is 0 Å². The van der Waals surface area contributed by atoms with Gasteiger partial charge in [0.1, 0.15) is 5.72 Å². The fourth-order valence-electron chi connectivity index (χ4n) is 2.72. The highest BCUT2D eigenvalue weighted by Gasteiger charge is 2.38. The van der Waals surface area contributed by atoms with E-state index in [9.17, 15) is 0 Å². The lowest BCUT2D eigenvalue weighted by Gasteiger charge is -2.46. The summed E-state index contributed by atoms with van der Waals surface area (Å²) in [5, 5.41) is 3.74. The minimum Gasteiger partial charge on any atom is -0.360 e. The van der Waals surface area contributed by atoms with E-state index in [1.165, 1.54) is 19.3 Å². The second kappa shape index (κ2) is 4.81. The molecule has 3 nitrogen and oxygen atoms in total. The van der Waals surface area contributed by atoms with Crippen molar-refractivity contribution in [2.24, 2.45) is 0 Å². The summed E-state index contributed by atoms with van der Waals surface area (Å²) in [5.41, 5.74) is 0.0184. The van der Waals surface area contributed by atoms with Crippen LogP contribution in [0.5, 0.6) is 0 Å². The molecule has 3 heteroatoms. The molecule has 1 unspecified atom stereocenters. The van der Waals surface area contributed by atoms with Gasteiger partial charge in [-0.15, -0.1) is 0 Å². The van der Waals surface area contributed by atoms with E-state index in [2.05, 4.69) is 24.2 Å². The maximum absolute atomic E-state index is 5.99. The van der Waals surface area contributed by atoms with Gasteiger partial charge in [-0.3, -0.25) is 5.32 Å². The number of piperidine rings is 1. The summed E-state index contributed by atoms with van der Waals surface area (Å²) in [6.07, 6.45) is 6.04. The van der Waals surface area contributed by atoms with Crippen molar-refractivity contribution in [2.45, 2.75) is 50.8 Å². The Morgan fingerprint density at radius 1 is 1.40 bits per heavy atom. The second-order valence-electron chi connectivity index (χ2n) is 5.06. The molecule has 1 spiro atoms. The largest absolute Gasteiger partial charge is 0.360 e. The molecule has 0 aliphatic carbocycles. The Bertz CT molecular complexity index is 198. The van der Waals surface area contributed by atoms with Crippen LogP contribution in [0.2, 0.25) is 0 Å². The molecule has 2 rings (SSSR count). The SMILES string of the molecule is CCCC1CCOC2(CCN(C)CC2)N1. The zero-order chi connectivity index (χ0) is 10.7. The third-order valence-corrected chi connectivity index (χ3v) is 3.74. The number of hydrogen-bond donors (Lipinski definition) is 1. The van der Waals surface area contributed by atoms with Crippen molar-refractivity contribution in [3.63, 3.8) is 0 Å². The quantitative estimate of drug-likeness (QED) is 0.752. The molecule has 2 aliphatic heterocycles. The lowest BCUT2D eigenvalue weighted by molar-refractivity contribution is -0.138. The first-order valence-corrected chi connectivity index (χ1v) is 6.34. The van der Waals surface area contributed by atoms with E-state index >= 15 is 0 Å². The van der Waals surface area contributed by atoms with Gasteiger partial charge in [-0.1, -0.05) is 13.3 Å². The minimum atomic E-state index is 0.0184. The third kappa shape index (κ3) is 2.71. The van der Waals surface area contributed by atoms with Gasteiger partial charge in [-0.05, 0) is 19.9 Å². The van der Waals surface area contributed by atoms with Crippen molar-refractivity contribution < 1.29 is 4.74 Å².